The lowest BCUT2D eigenvalue weighted by molar-refractivity contribution is -0.143. The van der Waals surface area contributed by atoms with E-state index in [0.29, 0.717) is 6.54 Å². The molecular formula is C22H27NO3. The Morgan fingerprint density at radius 1 is 1.19 bits per heavy atom. The van der Waals surface area contributed by atoms with Crippen LogP contribution in [0, 0.1) is 19.8 Å². The van der Waals surface area contributed by atoms with E-state index in [0.717, 1.165) is 25.1 Å². The number of hydrogen-bond donors (Lipinski definition) is 1. The highest BCUT2D eigenvalue weighted by Gasteiger charge is 2.31. The Hall–Kier alpha value is -2.33. The Balaban J connectivity index is 2.03. The van der Waals surface area contributed by atoms with Crippen molar-refractivity contribution in [1.82, 2.24) is 4.90 Å². The molecule has 1 fully saturated rings. The minimum absolute atomic E-state index is 0.0583. The lowest BCUT2D eigenvalue weighted by atomic mass is 9.89. The number of hydrogen-bond acceptors (Lipinski definition) is 3. The van der Waals surface area contributed by atoms with Crippen molar-refractivity contribution in [3.8, 4) is 5.75 Å². The summed E-state index contributed by atoms with van der Waals surface area (Å²) in [6.07, 6.45) is 1.67. The molecule has 1 aliphatic heterocycles. The first-order valence-corrected chi connectivity index (χ1v) is 9.17. The third kappa shape index (κ3) is 3.91. The van der Waals surface area contributed by atoms with Gasteiger partial charge in [-0.1, -0.05) is 35.9 Å². The Bertz CT molecular complexity index is 769. The molecule has 0 saturated carbocycles. The van der Waals surface area contributed by atoms with Gasteiger partial charge in [-0.15, -0.1) is 0 Å². The summed E-state index contributed by atoms with van der Waals surface area (Å²) in [6, 6.07) is 14.7. The smallest absolute Gasteiger partial charge is 0.307 e. The molecule has 26 heavy (non-hydrogen) atoms. The van der Waals surface area contributed by atoms with Crippen molar-refractivity contribution >= 4 is 5.97 Å². The van der Waals surface area contributed by atoms with Gasteiger partial charge in [0.1, 0.15) is 5.75 Å². The number of piperidine rings is 1. The molecule has 0 bridgehead atoms. The van der Waals surface area contributed by atoms with Gasteiger partial charge >= 0.3 is 5.97 Å². The molecular weight excluding hydrogens is 326 g/mol. The zero-order valence-electron chi connectivity index (χ0n) is 15.7. The third-order valence-corrected chi connectivity index (χ3v) is 5.33. The Labute approximate surface area is 155 Å². The van der Waals surface area contributed by atoms with Crippen LogP contribution < -0.4 is 4.74 Å². The number of rotatable bonds is 5. The quantitative estimate of drug-likeness (QED) is 0.875. The van der Waals surface area contributed by atoms with E-state index >= 15 is 0 Å². The summed E-state index contributed by atoms with van der Waals surface area (Å²) >= 11 is 0. The van der Waals surface area contributed by atoms with Crippen molar-refractivity contribution in [2.45, 2.75) is 32.7 Å². The summed E-state index contributed by atoms with van der Waals surface area (Å²) in [5.74, 6) is -0.158. The largest absolute Gasteiger partial charge is 0.497 e. The Morgan fingerprint density at radius 2 is 1.92 bits per heavy atom. The zero-order chi connectivity index (χ0) is 18.7. The Kier molecular flexibility index (Phi) is 5.62. The van der Waals surface area contributed by atoms with Gasteiger partial charge in [0, 0.05) is 6.54 Å². The Morgan fingerprint density at radius 3 is 2.58 bits per heavy atom. The summed E-state index contributed by atoms with van der Waals surface area (Å²) < 4.78 is 5.30. The molecule has 4 heteroatoms. The zero-order valence-corrected chi connectivity index (χ0v) is 15.7. The highest BCUT2D eigenvalue weighted by molar-refractivity contribution is 5.70. The van der Waals surface area contributed by atoms with Gasteiger partial charge in [-0.25, -0.2) is 0 Å². The van der Waals surface area contributed by atoms with E-state index in [1.54, 1.807) is 7.11 Å². The predicted molar refractivity (Wildman–Crippen MR) is 103 cm³/mol. The van der Waals surface area contributed by atoms with Crippen LogP contribution in [0.5, 0.6) is 5.75 Å². The van der Waals surface area contributed by atoms with Crippen LogP contribution in [-0.4, -0.2) is 36.2 Å². The van der Waals surface area contributed by atoms with Crippen LogP contribution in [0.15, 0.2) is 42.5 Å². The number of methoxy groups -OCH3 is 1. The monoisotopic (exact) mass is 353 g/mol. The van der Waals surface area contributed by atoms with E-state index in [1.807, 2.05) is 12.1 Å². The molecule has 4 nitrogen and oxygen atoms in total. The van der Waals surface area contributed by atoms with Gasteiger partial charge in [-0.3, -0.25) is 9.69 Å². The van der Waals surface area contributed by atoms with Crippen LogP contribution in [0.3, 0.4) is 0 Å². The maximum atomic E-state index is 11.6. The van der Waals surface area contributed by atoms with Gasteiger partial charge in [-0.2, -0.15) is 0 Å². The summed E-state index contributed by atoms with van der Waals surface area (Å²) in [4.78, 5) is 13.9. The molecule has 2 aromatic carbocycles. The van der Waals surface area contributed by atoms with Crippen LogP contribution in [0.2, 0.25) is 0 Å². The average Bonchev–Trinajstić information content (AvgIpc) is 2.65. The van der Waals surface area contributed by atoms with Crippen molar-refractivity contribution in [2.24, 2.45) is 5.92 Å². The van der Waals surface area contributed by atoms with Gasteiger partial charge in [-0.05, 0) is 62.1 Å². The molecule has 0 amide bonds. The maximum absolute atomic E-state index is 11.6. The second kappa shape index (κ2) is 7.92. The van der Waals surface area contributed by atoms with E-state index in [1.165, 1.54) is 22.3 Å². The third-order valence-electron chi connectivity index (χ3n) is 5.33. The van der Waals surface area contributed by atoms with Crippen molar-refractivity contribution in [3.05, 3.63) is 64.7 Å². The normalized spacial score (nSPS) is 19.1. The van der Waals surface area contributed by atoms with Crippen molar-refractivity contribution in [1.29, 1.82) is 0 Å². The molecule has 1 N–H and O–H groups in total. The second-order valence-corrected chi connectivity index (χ2v) is 7.21. The van der Waals surface area contributed by atoms with Gasteiger partial charge < -0.3 is 9.84 Å². The molecule has 2 unspecified atom stereocenters. The fraction of sp³-hybridized carbons (Fsp3) is 0.409. The van der Waals surface area contributed by atoms with Crippen molar-refractivity contribution < 1.29 is 14.6 Å². The average molecular weight is 353 g/mol. The summed E-state index contributed by atoms with van der Waals surface area (Å²) in [7, 11) is 1.67. The number of carboxylic acids is 1. The molecule has 1 heterocycles. The van der Waals surface area contributed by atoms with E-state index in [2.05, 4.69) is 49.1 Å². The second-order valence-electron chi connectivity index (χ2n) is 7.21. The number of carboxylic acid groups (broad SMARTS) is 1. The molecule has 2 atom stereocenters. The van der Waals surface area contributed by atoms with Crippen LogP contribution in [0.4, 0.5) is 0 Å². The minimum Gasteiger partial charge on any atom is -0.497 e. The van der Waals surface area contributed by atoms with E-state index < -0.39 is 5.97 Å². The van der Waals surface area contributed by atoms with Gasteiger partial charge in [0.2, 0.25) is 0 Å². The number of aryl methyl sites for hydroxylation is 2. The lowest BCUT2D eigenvalue weighted by Crippen LogP contribution is -2.41. The molecule has 2 aromatic rings. The number of likely N-dealkylation sites (tertiary alicyclic amines) is 1. The standard InChI is InChI=1S/C22H27NO3/c1-15-6-7-16(2)20(13-15)21(17-8-10-19(26-3)11-9-17)23-12-4-5-18(14-23)22(24)25/h6-11,13,18,21H,4-5,12,14H2,1-3H3,(H,24,25). The number of carbonyl (C=O) groups is 1. The van der Waals surface area contributed by atoms with Crippen molar-refractivity contribution in [3.63, 3.8) is 0 Å². The number of ether oxygens (including phenoxy) is 1. The minimum atomic E-state index is -0.691. The molecule has 1 aliphatic rings. The summed E-state index contributed by atoms with van der Waals surface area (Å²) in [5.41, 5.74) is 4.87. The summed E-state index contributed by atoms with van der Waals surface area (Å²) in [6.45, 7) is 5.72. The molecule has 0 aliphatic carbocycles. The first-order valence-electron chi connectivity index (χ1n) is 9.17. The number of benzene rings is 2. The molecule has 0 aromatic heterocycles. The SMILES string of the molecule is COc1ccc(C(c2cc(C)ccc2C)N2CCCC(C(=O)O)C2)cc1. The first kappa shape index (κ1) is 18.5. The maximum Gasteiger partial charge on any atom is 0.307 e. The number of aliphatic carboxylic acids is 1. The fourth-order valence-electron chi connectivity index (χ4n) is 3.87. The highest BCUT2D eigenvalue weighted by Crippen LogP contribution is 2.35. The molecule has 0 radical (unpaired) electrons. The van der Waals surface area contributed by atoms with Crippen molar-refractivity contribution in [2.75, 3.05) is 20.2 Å². The summed E-state index contributed by atoms with van der Waals surface area (Å²) in [5, 5.41) is 9.50. The first-order chi connectivity index (χ1) is 12.5. The van der Waals surface area contributed by atoms with Crippen LogP contribution in [-0.2, 0) is 4.79 Å². The van der Waals surface area contributed by atoms with Crippen LogP contribution in [0.1, 0.15) is 41.1 Å². The molecule has 0 spiro atoms. The fourth-order valence-corrected chi connectivity index (χ4v) is 3.87. The van der Waals surface area contributed by atoms with E-state index in [-0.39, 0.29) is 12.0 Å². The topological polar surface area (TPSA) is 49.8 Å². The lowest BCUT2D eigenvalue weighted by Gasteiger charge is -2.38. The molecule has 1 saturated heterocycles. The predicted octanol–water partition coefficient (Wildman–Crippen LogP) is 4.20. The number of nitrogens with zero attached hydrogens (tertiary/aromatic N) is 1. The molecule has 3 rings (SSSR count). The highest BCUT2D eigenvalue weighted by atomic mass is 16.5. The van der Waals surface area contributed by atoms with E-state index in [9.17, 15) is 9.90 Å². The van der Waals surface area contributed by atoms with Crippen LogP contribution >= 0.6 is 0 Å². The van der Waals surface area contributed by atoms with Crippen LogP contribution in [0.25, 0.3) is 0 Å². The van der Waals surface area contributed by atoms with E-state index in [4.69, 9.17) is 4.74 Å². The van der Waals surface area contributed by atoms with Gasteiger partial charge in [0.25, 0.3) is 0 Å². The van der Waals surface area contributed by atoms with Gasteiger partial charge in [0.05, 0.1) is 19.1 Å². The van der Waals surface area contributed by atoms with Gasteiger partial charge in [0.15, 0.2) is 0 Å². The molecule has 138 valence electrons.